The summed E-state index contributed by atoms with van der Waals surface area (Å²) in [5, 5.41) is -0.785. The molecule has 28 heavy (non-hydrogen) atoms. The van der Waals surface area contributed by atoms with Gasteiger partial charge in [-0.2, -0.15) is 0 Å². The topological polar surface area (TPSA) is 83.6 Å². The van der Waals surface area contributed by atoms with Crippen LogP contribution in [0.5, 0.6) is 0 Å². The number of nitrogens with zero attached hydrogens (tertiary/aromatic N) is 1. The zero-order valence-electron chi connectivity index (χ0n) is 16.4. The van der Waals surface area contributed by atoms with Gasteiger partial charge in [0.1, 0.15) is 0 Å². The molecule has 3 aliphatic rings. The van der Waals surface area contributed by atoms with Gasteiger partial charge in [-0.15, -0.1) is 0 Å². The SMILES string of the molecule is Cc1ccc(C2(CN3CCC(NS(=O)(=O)[C@H]4CCS(=O)(=O)C4)CC3)CC2)cc1. The maximum absolute atomic E-state index is 12.5. The highest BCUT2D eigenvalue weighted by molar-refractivity contribution is 7.95. The molecule has 3 fully saturated rings. The fourth-order valence-corrected chi connectivity index (χ4v) is 8.92. The first kappa shape index (κ1) is 20.3. The molecule has 2 saturated heterocycles. The highest BCUT2D eigenvalue weighted by atomic mass is 32.2. The lowest BCUT2D eigenvalue weighted by molar-refractivity contribution is 0.191. The average molecular weight is 427 g/mol. The van der Waals surface area contributed by atoms with Gasteiger partial charge in [0.25, 0.3) is 0 Å². The Morgan fingerprint density at radius 1 is 1.11 bits per heavy atom. The molecule has 1 atom stereocenters. The molecule has 0 bridgehead atoms. The lowest BCUT2D eigenvalue weighted by Gasteiger charge is -2.35. The summed E-state index contributed by atoms with van der Waals surface area (Å²) in [5.74, 6) is -0.252. The van der Waals surface area contributed by atoms with Crippen molar-refractivity contribution >= 4 is 19.9 Å². The third-order valence-electron chi connectivity index (χ3n) is 6.59. The van der Waals surface area contributed by atoms with Gasteiger partial charge in [-0.25, -0.2) is 21.6 Å². The summed E-state index contributed by atoms with van der Waals surface area (Å²) in [6, 6.07) is 8.77. The van der Waals surface area contributed by atoms with Crippen molar-refractivity contribution in [3.63, 3.8) is 0 Å². The monoisotopic (exact) mass is 426 g/mol. The number of piperidine rings is 1. The summed E-state index contributed by atoms with van der Waals surface area (Å²) < 4.78 is 51.1. The van der Waals surface area contributed by atoms with Gasteiger partial charge in [0, 0.05) is 18.0 Å². The molecule has 0 unspecified atom stereocenters. The minimum absolute atomic E-state index is 0.0158. The number of hydrogen-bond acceptors (Lipinski definition) is 5. The maximum Gasteiger partial charge on any atom is 0.215 e. The Kier molecular flexibility index (Phi) is 5.35. The Labute approximate surface area is 168 Å². The first-order valence-electron chi connectivity index (χ1n) is 10.2. The molecule has 6 nitrogen and oxygen atoms in total. The molecule has 156 valence electrons. The van der Waals surface area contributed by atoms with Crippen LogP contribution < -0.4 is 4.72 Å². The Hall–Kier alpha value is -0.960. The van der Waals surface area contributed by atoms with Crippen LogP contribution in [0, 0.1) is 6.92 Å². The van der Waals surface area contributed by atoms with Crippen LogP contribution in [-0.4, -0.2) is 64.2 Å². The van der Waals surface area contributed by atoms with Crippen LogP contribution in [0.1, 0.15) is 43.2 Å². The standard InChI is InChI=1S/C20H30N2O4S2/c1-16-2-4-17(5-3-16)20(9-10-20)15-22-11-6-18(7-12-22)21-28(25,26)19-8-13-27(23,24)14-19/h2-5,18-19,21H,6-15H2,1H3/t19-/m0/s1. The van der Waals surface area contributed by atoms with Crippen LogP contribution in [0.2, 0.25) is 0 Å². The molecule has 2 heterocycles. The number of hydrogen-bond donors (Lipinski definition) is 1. The van der Waals surface area contributed by atoms with Crippen molar-refractivity contribution in [1.29, 1.82) is 0 Å². The van der Waals surface area contributed by atoms with Gasteiger partial charge in [0.05, 0.1) is 16.8 Å². The Morgan fingerprint density at radius 2 is 1.75 bits per heavy atom. The van der Waals surface area contributed by atoms with Gasteiger partial charge in [0.15, 0.2) is 9.84 Å². The smallest absolute Gasteiger partial charge is 0.215 e. The van der Waals surface area contributed by atoms with Crippen molar-refractivity contribution in [2.45, 2.75) is 55.7 Å². The van der Waals surface area contributed by atoms with E-state index < -0.39 is 25.1 Å². The molecular formula is C20H30N2O4S2. The number of sulfonamides is 1. The third kappa shape index (κ3) is 4.45. The average Bonchev–Trinajstić information content (AvgIpc) is 3.31. The Balaban J connectivity index is 1.30. The molecule has 0 amide bonds. The number of sulfone groups is 1. The minimum atomic E-state index is -3.57. The van der Waals surface area contributed by atoms with E-state index in [9.17, 15) is 16.8 Å². The largest absolute Gasteiger partial charge is 0.302 e. The molecule has 1 N–H and O–H groups in total. The van der Waals surface area contributed by atoms with Crippen LogP contribution in [0.15, 0.2) is 24.3 Å². The molecule has 1 aromatic rings. The zero-order valence-corrected chi connectivity index (χ0v) is 18.1. The summed E-state index contributed by atoms with van der Waals surface area (Å²) in [4.78, 5) is 2.46. The number of rotatable bonds is 6. The normalized spacial score (nSPS) is 27.7. The molecule has 2 aliphatic heterocycles. The lowest BCUT2D eigenvalue weighted by Crippen LogP contribution is -2.48. The molecule has 0 spiro atoms. The zero-order chi connectivity index (χ0) is 20.0. The molecule has 1 saturated carbocycles. The van der Waals surface area contributed by atoms with Gasteiger partial charge < -0.3 is 4.90 Å². The van der Waals surface area contributed by atoms with Gasteiger partial charge in [-0.05, 0) is 57.7 Å². The van der Waals surface area contributed by atoms with E-state index in [0.29, 0.717) is 0 Å². The lowest BCUT2D eigenvalue weighted by atomic mass is 9.93. The second kappa shape index (κ2) is 7.38. The fraction of sp³-hybridized carbons (Fsp3) is 0.700. The van der Waals surface area contributed by atoms with Crippen molar-refractivity contribution < 1.29 is 16.8 Å². The van der Waals surface area contributed by atoms with Crippen molar-refractivity contribution in [2.24, 2.45) is 0 Å². The van der Waals surface area contributed by atoms with E-state index in [1.807, 2.05) is 0 Å². The Morgan fingerprint density at radius 3 is 2.29 bits per heavy atom. The molecular weight excluding hydrogens is 396 g/mol. The molecule has 4 rings (SSSR count). The second-order valence-corrected chi connectivity index (χ2v) is 13.1. The van der Waals surface area contributed by atoms with E-state index in [1.165, 1.54) is 24.0 Å². The van der Waals surface area contributed by atoms with Crippen LogP contribution >= 0.6 is 0 Å². The number of aryl methyl sites for hydroxylation is 1. The highest BCUT2D eigenvalue weighted by Gasteiger charge is 2.46. The van der Waals surface area contributed by atoms with Crippen LogP contribution in [-0.2, 0) is 25.3 Å². The van der Waals surface area contributed by atoms with E-state index in [2.05, 4.69) is 40.8 Å². The number of likely N-dealkylation sites (tertiary alicyclic amines) is 1. The molecule has 0 radical (unpaired) electrons. The third-order valence-corrected chi connectivity index (χ3v) is 10.5. The predicted octanol–water partition coefficient (Wildman–Crippen LogP) is 1.60. The fourth-order valence-electron chi connectivity index (χ4n) is 4.57. The van der Waals surface area contributed by atoms with Crippen molar-refractivity contribution in [3.8, 4) is 0 Å². The van der Waals surface area contributed by atoms with Crippen molar-refractivity contribution in [3.05, 3.63) is 35.4 Å². The predicted molar refractivity (Wildman–Crippen MR) is 111 cm³/mol. The van der Waals surface area contributed by atoms with E-state index in [4.69, 9.17) is 0 Å². The second-order valence-electron chi connectivity index (χ2n) is 8.88. The van der Waals surface area contributed by atoms with Crippen LogP contribution in [0.3, 0.4) is 0 Å². The van der Waals surface area contributed by atoms with E-state index in [0.717, 1.165) is 32.5 Å². The number of nitrogens with one attached hydrogen (secondary N) is 1. The van der Waals surface area contributed by atoms with Crippen molar-refractivity contribution in [2.75, 3.05) is 31.1 Å². The van der Waals surface area contributed by atoms with Gasteiger partial charge in [0.2, 0.25) is 10.0 Å². The summed E-state index contributed by atoms with van der Waals surface area (Å²) in [5.41, 5.74) is 2.98. The Bertz CT molecular complexity index is 913. The van der Waals surface area contributed by atoms with Gasteiger partial charge in [-0.1, -0.05) is 29.8 Å². The molecule has 8 heteroatoms. The van der Waals surface area contributed by atoms with E-state index in [-0.39, 0.29) is 29.4 Å². The van der Waals surface area contributed by atoms with Gasteiger partial charge in [-0.3, -0.25) is 0 Å². The first-order chi connectivity index (χ1) is 13.2. The minimum Gasteiger partial charge on any atom is -0.302 e. The summed E-state index contributed by atoms with van der Waals surface area (Å²) >= 11 is 0. The van der Waals surface area contributed by atoms with Crippen molar-refractivity contribution in [1.82, 2.24) is 9.62 Å². The van der Waals surface area contributed by atoms with Gasteiger partial charge >= 0.3 is 0 Å². The maximum atomic E-state index is 12.5. The summed E-state index contributed by atoms with van der Waals surface area (Å²) in [6.07, 6.45) is 4.22. The molecule has 1 aromatic carbocycles. The molecule has 1 aliphatic carbocycles. The summed E-state index contributed by atoms with van der Waals surface area (Å²) in [6.45, 7) is 4.90. The quantitative estimate of drug-likeness (QED) is 0.747. The van der Waals surface area contributed by atoms with Crippen LogP contribution in [0.25, 0.3) is 0 Å². The van der Waals surface area contributed by atoms with E-state index in [1.54, 1.807) is 0 Å². The van der Waals surface area contributed by atoms with Crippen LogP contribution in [0.4, 0.5) is 0 Å². The first-order valence-corrected chi connectivity index (χ1v) is 13.6. The highest BCUT2D eigenvalue weighted by Crippen LogP contribution is 2.49. The van der Waals surface area contributed by atoms with E-state index >= 15 is 0 Å². The number of benzene rings is 1. The summed E-state index contributed by atoms with van der Waals surface area (Å²) in [7, 11) is -6.76. The molecule has 0 aromatic heterocycles.